The Balaban J connectivity index is 2.05. The van der Waals surface area contributed by atoms with E-state index in [4.69, 9.17) is 23.2 Å². The second kappa shape index (κ2) is 5.16. The predicted molar refractivity (Wildman–Crippen MR) is 76.0 cm³/mol. The van der Waals surface area contributed by atoms with Crippen molar-refractivity contribution in [2.24, 2.45) is 5.92 Å². The van der Waals surface area contributed by atoms with E-state index in [-0.39, 0.29) is 18.6 Å². The summed E-state index contributed by atoms with van der Waals surface area (Å²) in [6, 6.07) is 3.01. The molecule has 2 aromatic rings. The smallest absolute Gasteiger partial charge is 0.101 e. The Labute approximate surface area is 125 Å². The summed E-state index contributed by atoms with van der Waals surface area (Å²) in [6.07, 6.45) is 0.187. The van der Waals surface area contributed by atoms with Gasteiger partial charge >= 0.3 is 0 Å². The van der Waals surface area contributed by atoms with E-state index < -0.39 is 12.2 Å². The number of aliphatic hydroxyl groups is 3. The van der Waals surface area contributed by atoms with Crippen LogP contribution in [0.2, 0.25) is 10.0 Å². The van der Waals surface area contributed by atoms with Crippen LogP contribution in [0.4, 0.5) is 0 Å². The Morgan fingerprint density at radius 1 is 1.20 bits per heavy atom. The maximum atomic E-state index is 10.1. The van der Waals surface area contributed by atoms with Crippen LogP contribution in [0.3, 0.4) is 0 Å². The van der Waals surface area contributed by atoms with E-state index in [1.165, 1.54) is 0 Å². The van der Waals surface area contributed by atoms with Crippen molar-refractivity contribution >= 4 is 34.2 Å². The molecule has 0 saturated heterocycles. The number of hydrogen-bond acceptors (Lipinski definition) is 4. The van der Waals surface area contributed by atoms with Gasteiger partial charge in [0, 0.05) is 12.5 Å². The molecule has 4 unspecified atom stereocenters. The molecular weight excluding hydrogens is 303 g/mol. The molecule has 1 aromatic carbocycles. The Hall–Kier alpha value is -0.850. The average molecular weight is 317 g/mol. The van der Waals surface area contributed by atoms with Crippen LogP contribution in [0.25, 0.3) is 11.0 Å². The van der Waals surface area contributed by atoms with E-state index in [2.05, 4.69) is 4.98 Å². The molecule has 1 heterocycles. The molecule has 0 radical (unpaired) electrons. The first-order valence-electron chi connectivity index (χ1n) is 6.31. The molecular formula is C13H14Cl2N2O3. The first-order valence-corrected chi connectivity index (χ1v) is 7.07. The summed E-state index contributed by atoms with van der Waals surface area (Å²) in [4.78, 5) is 4.24. The van der Waals surface area contributed by atoms with Gasteiger partial charge in [-0.2, -0.15) is 0 Å². The molecule has 1 aliphatic carbocycles. The SMILES string of the molecule is OCC1CC(n2cnc3cc(Cl)c(Cl)cc32)C(O)C1O. The molecule has 5 nitrogen and oxygen atoms in total. The Morgan fingerprint density at radius 2 is 1.90 bits per heavy atom. The molecule has 7 heteroatoms. The molecule has 3 N–H and O–H groups in total. The number of nitrogens with zero attached hydrogens (tertiary/aromatic N) is 2. The summed E-state index contributed by atoms with van der Waals surface area (Å²) in [6.45, 7) is -0.159. The Morgan fingerprint density at radius 3 is 2.55 bits per heavy atom. The molecule has 0 amide bonds. The second-order valence-electron chi connectivity index (χ2n) is 5.13. The summed E-state index contributed by atoms with van der Waals surface area (Å²) < 4.78 is 1.78. The highest BCUT2D eigenvalue weighted by atomic mass is 35.5. The van der Waals surface area contributed by atoms with E-state index in [0.717, 1.165) is 5.52 Å². The number of hydrogen-bond donors (Lipinski definition) is 3. The fourth-order valence-electron chi connectivity index (χ4n) is 2.84. The second-order valence-corrected chi connectivity index (χ2v) is 5.95. The first-order chi connectivity index (χ1) is 9.52. The van der Waals surface area contributed by atoms with Gasteiger partial charge in [-0.3, -0.25) is 0 Å². The summed E-state index contributed by atoms with van der Waals surface area (Å²) in [5.41, 5.74) is 1.42. The summed E-state index contributed by atoms with van der Waals surface area (Å²) in [7, 11) is 0. The third kappa shape index (κ3) is 2.10. The van der Waals surface area contributed by atoms with Gasteiger partial charge in [0.25, 0.3) is 0 Å². The number of imidazole rings is 1. The van der Waals surface area contributed by atoms with Crippen LogP contribution in [0, 0.1) is 5.92 Å². The van der Waals surface area contributed by atoms with Crippen molar-refractivity contribution < 1.29 is 15.3 Å². The van der Waals surface area contributed by atoms with Crippen LogP contribution in [0.1, 0.15) is 12.5 Å². The Kier molecular flexibility index (Phi) is 3.64. The lowest BCUT2D eigenvalue weighted by atomic mass is 10.1. The zero-order valence-electron chi connectivity index (χ0n) is 10.4. The van der Waals surface area contributed by atoms with E-state index in [0.29, 0.717) is 22.0 Å². The van der Waals surface area contributed by atoms with Gasteiger partial charge in [-0.15, -0.1) is 0 Å². The van der Waals surface area contributed by atoms with Crippen molar-refractivity contribution in [1.29, 1.82) is 0 Å². The molecule has 0 bridgehead atoms. The zero-order valence-corrected chi connectivity index (χ0v) is 12.0. The van der Waals surface area contributed by atoms with Crippen LogP contribution >= 0.6 is 23.2 Å². The molecule has 0 spiro atoms. The van der Waals surface area contributed by atoms with E-state index in [1.807, 2.05) is 0 Å². The van der Waals surface area contributed by atoms with Crippen LogP contribution in [-0.2, 0) is 0 Å². The minimum atomic E-state index is -0.945. The molecule has 1 aromatic heterocycles. The summed E-state index contributed by atoms with van der Waals surface area (Å²) in [5.74, 6) is -0.338. The molecule has 1 saturated carbocycles. The number of aromatic nitrogens is 2. The summed E-state index contributed by atoms with van der Waals surface area (Å²) in [5, 5.41) is 30.1. The van der Waals surface area contributed by atoms with Crippen LogP contribution in [-0.4, -0.2) is 43.7 Å². The molecule has 1 aliphatic rings. The van der Waals surface area contributed by atoms with Crippen molar-refractivity contribution in [2.45, 2.75) is 24.7 Å². The number of rotatable bonds is 2. The van der Waals surface area contributed by atoms with Crippen molar-refractivity contribution in [3.8, 4) is 0 Å². The van der Waals surface area contributed by atoms with Crippen molar-refractivity contribution in [1.82, 2.24) is 9.55 Å². The average Bonchev–Trinajstić information content (AvgIpc) is 2.94. The van der Waals surface area contributed by atoms with Gasteiger partial charge in [-0.05, 0) is 18.6 Å². The van der Waals surface area contributed by atoms with Gasteiger partial charge < -0.3 is 19.9 Å². The predicted octanol–water partition coefficient (Wildman–Crippen LogP) is 1.62. The van der Waals surface area contributed by atoms with Gasteiger partial charge in [0.2, 0.25) is 0 Å². The monoisotopic (exact) mass is 316 g/mol. The van der Waals surface area contributed by atoms with Crippen LogP contribution < -0.4 is 0 Å². The van der Waals surface area contributed by atoms with Crippen molar-refractivity contribution in [3.05, 3.63) is 28.5 Å². The van der Waals surface area contributed by atoms with E-state index in [9.17, 15) is 15.3 Å². The zero-order chi connectivity index (χ0) is 14.4. The topological polar surface area (TPSA) is 78.5 Å². The van der Waals surface area contributed by atoms with Crippen LogP contribution in [0.15, 0.2) is 18.5 Å². The van der Waals surface area contributed by atoms with E-state index in [1.54, 1.807) is 23.0 Å². The number of aliphatic hydroxyl groups excluding tert-OH is 3. The van der Waals surface area contributed by atoms with Gasteiger partial charge in [0.05, 0.1) is 39.6 Å². The fourth-order valence-corrected chi connectivity index (χ4v) is 3.16. The molecule has 4 atom stereocenters. The maximum Gasteiger partial charge on any atom is 0.101 e. The highest BCUT2D eigenvalue weighted by molar-refractivity contribution is 6.42. The van der Waals surface area contributed by atoms with Gasteiger partial charge in [-0.1, -0.05) is 23.2 Å². The lowest BCUT2D eigenvalue weighted by Gasteiger charge is -2.18. The molecule has 20 heavy (non-hydrogen) atoms. The highest BCUT2D eigenvalue weighted by Crippen LogP contribution is 2.38. The fraction of sp³-hybridized carbons (Fsp3) is 0.462. The third-order valence-electron chi connectivity index (χ3n) is 3.98. The van der Waals surface area contributed by atoms with Gasteiger partial charge in [0.15, 0.2) is 0 Å². The first kappa shape index (κ1) is 14.1. The standard InChI is InChI=1S/C13H14Cl2N2O3/c14-7-2-9-10(3-8(7)15)17(5-16-9)11-1-6(4-18)12(19)13(11)20/h2-3,5-6,11-13,18-20H,1,4H2. The summed E-state index contributed by atoms with van der Waals surface area (Å²) >= 11 is 12.0. The van der Waals surface area contributed by atoms with Crippen molar-refractivity contribution in [2.75, 3.05) is 6.61 Å². The minimum Gasteiger partial charge on any atom is -0.396 e. The molecule has 108 valence electrons. The number of halogens is 2. The van der Waals surface area contributed by atoms with E-state index >= 15 is 0 Å². The number of fused-ring (bicyclic) bond motifs is 1. The maximum absolute atomic E-state index is 10.1. The lowest BCUT2D eigenvalue weighted by Crippen LogP contribution is -2.30. The molecule has 1 fully saturated rings. The largest absolute Gasteiger partial charge is 0.396 e. The van der Waals surface area contributed by atoms with Gasteiger partial charge in [-0.25, -0.2) is 4.98 Å². The normalized spacial score (nSPS) is 30.2. The number of benzene rings is 1. The third-order valence-corrected chi connectivity index (χ3v) is 4.70. The Bertz CT molecular complexity index is 646. The lowest BCUT2D eigenvalue weighted by molar-refractivity contribution is -0.00365. The van der Waals surface area contributed by atoms with Crippen LogP contribution in [0.5, 0.6) is 0 Å². The van der Waals surface area contributed by atoms with Crippen molar-refractivity contribution in [3.63, 3.8) is 0 Å². The molecule has 0 aliphatic heterocycles. The van der Waals surface area contributed by atoms with Gasteiger partial charge in [0.1, 0.15) is 6.10 Å². The minimum absolute atomic E-state index is 0.159. The highest BCUT2D eigenvalue weighted by Gasteiger charge is 2.42. The quantitative estimate of drug-likeness (QED) is 0.786. The molecule has 3 rings (SSSR count).